The number of primary amides is 1. The van der Waals surface area contributed by atoms with Crippen molar-refractivity contribution in [2.75, 3.05) is 0 Å². The third-order valence-electron chi connectivity index (χ3n) is 5.53. The van der Waals surface area contributed by atoms with Crippen LogP contribution in [0.4, 0.5) is 0 Å². The van der Waals surface area contributed by atoms with Crippen molar-refractivity contribution in [3.8, 4) is 22.9 Å². The molecule has 0 radical (unpaired) electrons. The third kappa shape index (κ3) is 5.56. The molecule has 0 aliphatic heterocycles. The van der Waals surface area contributed by atoms with Crippen molar-refractivity contribution >= 4 is 5.91 Å². The molecule has 4 heteroatoms. The lowest BCUT2D eigenvalue weighted by molar-refractivity contribution is 0.1000. The first kappa shape index (κ1) is 23.1. The molecule has 1 unspecified atom stereocenters. The molecule has 3 aromatic carbocycles. The number of carbonyl (C=O) groups excluding carboxylic acids is 1. The van der Waals surface area contributed by atoms with Gasteiger partial charge in [0.1, 0.15) is 11.9 Å². The second kappa shape index (κ2) is 10.2. The van der Waals surface area contributed by atoms with Crippen LogP contribution in [-0.2, 0) is 0 Å². The Morgan fingerprint density at radius 1 is 0.938 bits per heavy atom. The normalized spacial score (nSPS) is 11.9. The fraction of sp³-hybridized carbons (Fsp3) is 0.286. The molecule has 0 fully saturated rings. The van der Waals surface area contributed by atoms with Crippen molar-refractivity contribution in [3.05, 3.63) is 89.0 Å². The van der Waals surface area contributed by atoms with Crippen LogP contribution >= 0.6 is 0 Å². The molecule has 0 saturated carbocycles. The van der Waals surface area contributed by atoms with Gasteiger partial charge in [-0.05, 0) is 70.8 Å². The minimum atomic E-state index is -0.450. The number of hydrogen-bond donors (Lipinski definition) is 1. The van der Waals surface area contributed by atoms with Crippen LogP contribution in [0.15, 0.2) is 66.7 Å². The van der Waals surface area contributed by atoms with Gasteiger partial charge in [0.15, 0.2) is 0 Å². The highest BCUT2D eigenvalue weighted by Gasteiger charge is 2.17. The van der Waals surface area contributed by atoms with Crippen LogP contribution in [0.1, 0.15) is 73.2 Å². The highest BCUT2D eigenvalue weighted by Crippen LogP contribution is 2.32. The summed E-state index contributed by atoms with van der Waals surface area (Å²) in [6, 6.07) is 23.5. The number of ether oxygens (including phenoxy) is 1. The van der Waals surface area contributed by atoms with Gasteiger partial charge in [-0.25, -0.2) is 0 Å². The molecule has 3 aromatic rings. The first-order chi connectivity index (χ1) is 15.3. The van der Waals surface area contributed by atoms with Gasteiger partial charge in [-0.3, -0.25) is 4.79 Å². The number of nitrogens with two attached hydrogens (primary N) is 1. The van der Waals surface area contributed by atoms with E-state index in [1.165, 1.54) is 5.56 Å². The molecule has 0 bridgehead atoms. The molecule has 0 saturated heterocycles. The number of hydrogen-bond acceptors (Lipinski definition) is 3. The maximum atomic E-state index is 11.4. The molecule has 0 spiro atoms. The summed E-state index contributed by atoms with van der Waals surface area (Å²) in [5, 5.41) is 9.78. The van der Waals surface area contributed by atoms with Crippen molar-refractivity contribution in [1.29, 1.82) is 5.26 Å². The van der Waals surface area contributed by atoms with E-state index in [1.807, 2.05) is 24.3 Å². The van der Waals surface area contributed by atoms with E-state index in [0.29, 0.717) is 28.7 Å². The molecule has 0 heterocycles. The van der Waals surface area contributed by atoms with Crippen LogP contribution in [0.2, 0.25) is 0 Å². The minimum absolute atomic E-state index is 0.195. The van der Waals surface area contributed by atoms with Gasteiger partial charge in [0.25, 0.3) is 0 Å². The van der Waals surface area contributed by atoms with Gasteiger partial charge >= 0.3 is 0 Å². The lowest BCUT2D eigenvalue weighted by atomic mass is 9.96. The molecule has 0 aliphatic carbocycles. The number of amides is 1. The smallest absolute Gasteiger partial charge is 0.248 e. The maximum absolute atomic E-state index is 11.4. The Labute approximate surface area is 190 Å². The summed E-state index contributed by atoms with van der Waals surface area (Å²) < 4.78 is 6.33. The maximum Gasteiger partial charge on any atom is 0.248 e. The van der Waals surface area contributed by atoms with Crippen LogP contribution < -0.4 is 10.5 Å². The Balaban J connectivity index is 1.88. The van der Waals surface area contributed by atoms with E-state index in [0.717, 1.165) is 23.1 Å². The molecule has 2 N–H and O–H groups in total. The summed E-state index contributed by atoms with van der Waals surface area (Å²) in [5.74, 6) is 1.07. The topological polar surface area (TPSA) is 76.1 Å². The zero-order chi connectivity index (χ0) is 23.3. The van der Waals surface area contributed by atoms with Crippen molar-refractivity contribution in [3.63, 3.8) is 0 Å². The van der Waals surface area contributed by atoms with Crippen molar-refractivity contribution in [2.45, 2.75) is 46.1 Å². The van der Waals surface area contributed by atoms with E-state index in [9.17, 15) is 10.1 Å². The van der Waals surface area contributed by atoms with Crippen molar-refractivity contribution < 1.29 is 9.53 Å². The molecule has 1 amide bonds. The molecule has 32 heavy (non-hydrogen) atoms. The second-order valence-corrected chi connectivity index (χ2v) is 8.82. The highest BCUT2D eigenvalue weighted by atomic mass is 16.5. The second-order valence-electron chi connectivity index (χ2n) is 8.82. The van der Waals surface area contributed by atoms with E-state index in [4.69, 9.17) is 10.5 Å². The number of carbonyl (C=O) groups is 1. The van der Waals surface area contributed by atoms with Gasteiger partial charge in [-0.2, -0.15) is 5.26 Å². The molecule has 0 aromatic heterocycles. The number of rotatable bonds is 8. The molecule has 3 rings (SSSR count). The Morgan fingerprint density at radius 2 is 1.56 bits per heavy atom. The lowest BCUT2D eigenvalue weighted by Gasteiger charge is -2.22. The highest BCUT2D eigenvalue weighted by molar-refractivity contribution is 5.92. The quantitative estimate of drug-likeness (QED) is 0.440. The van der Waals surface area contributed by atoms with E-state index in [1.54, 1.807) is 18.2 Å². The van der Waals surface area contributed by atoms with E-state index in [2.05, 4.69) is 58.0 Å². The SMILES string of the molecule is CC(C)CC(Oc1ccc(-c2ccc(C(C)C)cc2)c(C#N)c1)c1ccc(C(N)=O)cc1. The fourth-order valence-electron chi connectivity index (χ4n) is 3.70. The van der Waals surface area contributed by atoms with E-state index in [-0.39, 0.29) is 6.10 Å². The molecule has 1 atom stereocenters. The predicted molar refractivity (Wildman–Crippen MR) is 128 cm³/mol. The Kier molecular flexibility index (Phi) is 7.33. The average molecular weight is 427 g/mol. The molecule has 164 valence electrons. The van der Waals surface area contributed by atoms with Crippen LogP contribution in [0.5, 0.6) is 5.75 Å². The van der Waals surface area contributed by atoms with Gasteiger partial charge in [0.05, 0.1) is 11.6 Å². The van der Waals surface area contributed by atoms with Gasteiger partial charge in [-0.15, -0.1) is 0 Å². The Hall–Kier alpha value is -3.58. The van der Waals surface area contributed by atoms with Crippen LogP contribution in [0.3, 0.4) is 0 Å². The van der Waals surface area contributed by atoms with Crippen LogP contribution in [0, 0.1) is 17.2 Å². The van der Waals surface area contributed by atoms with Crippen LogP contribution in [-0.4, -0.2) is 5.91 Å². The van der Waals surface area contributed by atoms with E-state index >= 15 is 0 Å². The minimum Gasteiger partial charge on any atom is -0.486 e. The Bertz CT molecular complexity index is 1110. The summed E-state index contributed by atoms with van der Waals surface area (Å²) in [6.45, 7) is 8.60. The first-order valence-electron chi connectivity index (χ1n) is 11.0. The third-order valence-corrected chi connectivity index (χ3v) is 5.53. The summed E-state index contributed by atoms with van der Waals surface area (Å²) in [5.41, 5.74) is 10.5. The lowest BCUT2D eigenvalue weighted by Crippen LogP contribution is -2.13. The summed E-state index contributed by atoms with van der Waals surface area (Å²) >= 11 is 0. The molecule has 4 nitrogen and oxygen atoms in total. The monoisotopic (exact) mass is 426 g/mol. The largest absolute Gasteiger partial charge is 0.486 e. The molecular weight excluding hydrogens is 396 g/mol. The zero-order valence-electron chi connectivity index (χ0n) is 19.1. The number of nitrogens with zero attached hydrogens (tertiary/aromatic N) is 1. The first-order valence-corrected chi connectivity index (χ1v) is 11.0. The van der Waals surface area contributed by atoms with Crippen molar-refractivity contribution in [2.24, 2.45) is 11.7 Å². The number of nitriles is 1. The van der Waals surface area contributed by atoms with Crippen molar-refractivity contribution in [1.82, 2.24) is 0 Å². The van der Waals surface area contributed by atoms with Gasteiger partial charge in [0, 0.05) is 5.56 Å². The van der Waals surface area contributed by atoms with Crippen LogP contribution in [0.25, 0.3) is 11.1 Å². The predicted octanol–water partition coefficient (Wildman–Crippen LogP) is 6.61. The van der Waals surface area contributed by atoms with Gasteiger partial charge < -0.3 is 10.5 Å². The average Bonchev–Trinajstić information content (AvgIpc) is 2.78. The molecular formula is C28H30N2O2. The summed E-state index contributed by atoms with van der Waals surface area (Å²) in [6.07, 6.45) is 0.607. The summed E-state index contributed by atoms with van der Waals surface area (Å²) in [4.78, 5) is 11.4. The zero-order valence-corrected chi connectivity index (χ0v) is 19.1. The number of benzene rings is 3. The van der Waals surface area contributed by atoms with Gasteiger partial charge in [0.2, 0.25) is 5.91 Å². The molecule has 0 aliphatic rings. The van der Waals surface area contributed by atoms with Gasteiger partial charge in [-0.1, -0.05) is 64.1 Å². The fourth-order valence-corrected chi connectivity index (χ4v) is 3.70. The van der Waals surface area contributed by atoms with E-state index < -0.39 is 5.91 Å². The summed E-state index contributed by atoms with van der Waals surface area (Å²) in [7, 11) is 0. The standard InChI is InChI=1S/C28H30N2O2/c1-18(2)15-27(22-9-11-23(12-10-22)28(30)31)32-25-13-14-26(24(16-25)17-29)21-7-5-20(6-8-21)19(3)4/h5-14,16,18-19,27H,15H2,1-4H3,(H2,30,31). The Morgan fingerprint density at radius 3 is 2.09 bits per heavy atom.